The van der Waals surface area contributed by atoms with Crippen molar-refractivity contribution in [2.45, 2.75) is 5.88 Å². The van der Waals surface area contributed by atoms with E-state index in [4.69, 9.17) is 16.3 Å². The van der Waals surface area contributed by atoms with E-state index in [2.05, 4.69) is 0 Å². The zero-order valence-corrected chi connectivity index (χ0v) is 9.62. The maximum absolute atomic E-state index is 11.6. The van der Waals surface area contributed by atoms with Crippen LogP contribution < -0.4 is 0 Å². The number of fused-ring (bicyclic) bond motifs is 1. The van der Waals surface area contributed by atoms with Crippen molar-refractivity contribution in [3.63, 3.8) is 0 Å². The predicted octanol–water partition coefficient (Wildman–Crippen LogP) is 3.37. The van der Waals surface area contributed by atoms with E-state index in [1.807, 2.05) is 30.3 Å². The average Bonchev–Trinajstić information content (AvgIpc) is 2.36. The quantitative estimate of drug-likeness (QED) is 0.588. The van der Waals surface area contributed by atoms with Gasteiger partial charge in [0.05, 0.1) is 12.7 Å². The van der Waals surface area contributed by atoms with Gasteiger partial charge in [0.2, 0.25) is 0 Å². The Hall–Kier alpha value is -1.54. The van der Waals surface area contributed by atoms with Crippen LogP contribution in [0.1, 0.15) is 15.9 Å². The van der Waals surface area contributed by atoms with E-state index in [-0.39, 0.29) is 5.97 Å². The molecular formula is C13H11ClO2. The molecule has 0 amide bonds. The lowest BCUT2D eigenvalue weighted by molar-refractivity contribution is 0.0603. The SMILES string of the molecule is COC(=O)c1cccc2ccc(CCl)cc12. The summed E-state index contributed by atoms with van der Waals surface area (Å²) in [6.45, 7) is 0. The van der Waals surface area contributed by atoms with E-state index in [1.54, 1.807) is 6.07 Å². The number of ether oxygens (including phenoxy) is 1. The molecule has 0 fully saturated rings. The summed E-state index contributed by atoms with van der Waals surface area (Å²) >= 11 is 5.78. The van der Waals surface area contributed by atoms with E-state index in [1.165, 1.54) is 7.11 Å². The number of rotatable bonds is 2. The van der Waals surface area contributed by atoms with Gasteiger partial charge in [-0.3, -0.25) is 0 Å². The molecule has 0 atom stereocenters. The topological polar surface area (TPSA) is 26.3 Å². The highest BCUT2D eigenvalue weighted by Crippen LogP contribution is 2.21. The average molecular weight is 235 g/mol. The van der Waals surface area contributed by atoms with E-state index < -0.39 is 0 Å². The summed E-state index contributed by atoms with van der Waals surface area (Å²) in [6.07, 6.45) is 0. The van der Waals surface area contributed by atoms with Crippen LogP contribution >= 0.6 is 11.6 Å². The minimum absolute atomic E-state index is 0.322. The van der Waals surface area contributed by atoms with Crippen molar-refractivity contribution >= 4 is 28.3 Å². The molecule has 2 rings (SSSR count). The first-order valence-electron chi connectivity index (χ1n) is 4.92. The molecule has 0 aliphatic heterocycles. The number of methoxy groups -OCH3 is 1. The van der Waals surface area contributed by atoms with Crippen molar-refractivity contribution < 1.29 is 9.53 Å². The molecule has 2 aromatic rings. The minimum atomic E-state index is -0.322. The summed E-state index contributed by atoms with van der Waals surface area (Å²) in [5.74, 6) is 0.114. The van der Waals surface area contributed by atoms with Gasteiger partial charge in [-0.15, -0.1) is 11.6 Å². The standard InChI is InChI=1S/C13H11ClO2/c1-16-13(15)11-4-2-3-10-6-5-9(8-14)7-12(10)11/h2-7H,8H2,1H3. The highest BCUT2D eigenvalue weighted by molar-refractivity contribution is 6.17. The van der Waals surface area contributed by atoms with Crippen LogP contribution in [0, 0.1) is 0 Å². The molecule has 0 aliphatic carbocycles. The van der Waals surface area contributed by atoms with Gasteiger partial charge in [-0.2, -0.15) is 0 Å². The number of esters is 1. The van der Waals surface area contributed by atoms with Gasteiger partial charge in [0, 0.05) is 5.88 Å². The summed E-state index contributed by atoms with van der Waals surface area (Å²) in [5.41, 5.74) is 1.57. The van der Waals surface area contributed by atoms with Gasteiger partial charge in [-0.1, -0.05) is 24.3 Å². The zero-order valence-electron chi connectivity index (χ0n) is 8.87. The van der Waals surface area contributed by atoms with Crippen LogP contribution in [0.25, 0.3) is 10.8 Å². The van der Waals surface area contributed by atoms with Crippen LogP contribution in [-0.4, -0.2) is 13.1 Å². The highest BCUT2D eigenvalue weighted by Gasteiger charge is 2.09. The van der Waals surface area contributed by atoms with Crippen LogP contribution in [0.5, 0.6) is 0 Å². The van der Waals surface area contributed by atoms with Gasteiger partial charge in [-0.05, 0) is 28.5 Å². The van der Waals surface area contributed by atoms with Crippen molar-refractivity contribution in [1.29, 1.82) is 0 Å². The predicted molar refractivity (Wildman–Crippen MR) is 64.8 cm³/mol. The number of hydrogen-bond donors (Lipinski definition) is 0. The zero-order chi connectivity index (χ0) is 11.5. The lowest BCUT2D eigenvalue weighted by atomic mass is 10.0. The van der Waals surface area contributed by atoms with Crippen molar-refractivity contribution in [3.05, 3.63) is 47.5 Å². The maximum atomic E-state index is 11.6. The molecule has 0 heterocycles. The number of carbonyl (C=O) groups excluding carboxylic acids is 1. The Morgan fingerprint density at radius 1 is 1.31 bits per heavy atom. The van der Waals surface area contributed by atoms with Gasteiger partial charge in [0.25, 0.3) is 0 Å². The van der Waals surface area contributed by atoms with E-state index in [0.29, 0.717) is 11.4 Å². The Balaban J connectivity index is 2.68. The number of halogens is 1. The Labute approximate surface area is 98.8 Å². The lowest BCUT2D eigenvalue weighted by Crippen LogP contribution is -2.01. The molecule has 0 radical (unpaired) electrons. The maximum Gasteiger partial charge on any atom is 0.338 e. The summed E-state index contributed by atoms with van der Waals surface area (Å²) in [7, 11) is 1.38. The molecule has 2 nitrogen and oxygen atoms in total. The van der Waals surface area contributed by atoms with Gasteiger partial charge in [-0.25, -0.2) is 4.79 Å². The number of alkyl halides is 1. The molecule has 0 aromatic heterocycles. The van der Waals surface area contributed by atoms with Crippen LogP contribution in [0.3, 0.4) is 0 Å². The Bertz CT molecular complexity index is 534. The monoisotopic (exact) mass is 234 g/mol. The van der Waals surface area contributed by atoms with Crippen molar-refractivity contribution in [3.8, 4) is 0 Å². The summed E-state index contributed by atoms with van der Waals surface area (Å²) in [5, 5.41) is 1.89. The molecule has 3 heteroatoms. The van der Waals surface area contributed by atoms with Crippen LogP contribution in [0.4, 0.5) is 0 Å². The number of carbonyl (C=O) groups is 1. The minimum Gasteiger partial charge on any atom is -0.465 e. The third-order valence-electron chi connectivity index (χ3n) is 2.51. The van der Waals surface area contributed by atoms with E-state index in [0.717, 1.165) is 16.3 Å². The first-order chi connectivity index (χ1) is 7.76. The van der Waals surface area contributed by atoms with E-state index >= 15 is 0 Å². The second-order valence-electron chi connectivity index (χ2n) is 3.49. The van der Waals surface area contributed by atoms with Crippen LogP contribution in [0.15, 0.2) is 36.4 Å². The van der Waals surface area contributed by atoms with Gasteiger partial charge >= 0.3 is 5.97 Å². The lowest BCUT2D eigenvalue weighted by Gasteiger charge is -2.05. The molecule has 0 spiro atoms. The summed E-state index contributed by atoms with van der Waals surface area (Å²) < 4.78 is 4.75. The van der Waals surface area contributed by atoms with Crippen LogP contribution in [0.2, 0.25) is 0 Å². The Morgan fingerprint density at radius 2 is 2.12 bits per heavy atom. The smallest absolute Gasteiger partial charge is 0.338 e. The molecule has 0 saturated heterocycles. The third kappa shape index (κ3) is 1.89. The molecule has 0 unspecified atom stereocenters. The van der Waals surface area contributed by atoms with Crippen LogP contribution in [-0.2, 0) is 10.6 Å². The fourth-order valence-corrected chi connectivity index (χ4v) is 1.86. The van der Waals surface area contributed by atoms with Gasteiger partial charge < -0.3 is 4.74 Å². The highest BCUT2D eigenvalue weighted by atomic mass is 35.5. The molecule has 0 N–H and O–H groups in total. The molecule has 0 bridgehead atoms. The van der Waals surface area contributed by atoms with Crippen molar-refractivity contribution in [1.82, 2.24) is 0 Å². The van der Waals surface area contributed by atoms with E-state index in [9.17, 15) is 4.79 Å². The molecule has 0 saturated carbocycles. The second kappa shape index (κ2) is 4.54. The van der Waals surface area contributed by atoms with Gasteiger partial charge in [0.1, 0.15) is 0 Å². The first kappa shape index (κ1) is 11.0. The van der Waals surface area contributed by atoms with Crippen molar-refractivity contribution in [2.24, 2.45) is 0 Å². The molecule has 16 heavy (non-hydrogen) atoms. The number of hydrogen-bond acceptors (Lipinski definition) is 2. The number of benzene rings is 2. The fraction of sp³-hybridized carbons (Fsp3) is 0.154. The second-order valence-corrected chi connectivity index (χ2v) is 3.75. The Kier molecular flexibility index (Phi) is 3.11. The fourth-order valence-electron chi connectivity index (χ4n) is 1.69. The molecule has 0 aliphatic rings. The van der Waals surface area contributed by atoms with Gasteiger partial charge in [0.15, 0.2) is 0 Å². The molecular weight excluding hydrogens is 224 g/mol. The van der Waals surface area contributed by atoms with Crippen molar-refractivity contribution in [2.75, 3.05) is 7.11 Å². The third-order valence-corrected chi connectivity index (χ3v) is 2.81. The normalized spacial score (nSPS) is 10.4. The molecule has 82 valence electrons. The first-order valence-corrected chi connectivity index (χ1v) is 5.45. The Morgan fingerprint density at radius 3 is 2.81 bits per heavy atom. The summed E-state index contributed by atoms with van der Waals surface area (Å²) in [6, 6.07) is 11.4. The largest absolute Gasteiger partial charge is 0.465 e. The molecule has 2 aromatic carbocycles. The summed E-state index contributed by atoms with van der Waals surface area (Å²) in [4.78, 5) is 11.6.